The highest BCUT2D eigenvalue weighted by Crippen LogP contribution is 2.30. The maximum absolute atomic E-state index is 9.56. The van der Waals surface area contributed by atoms with E-state index in [0.29, 0.717) is 24.1 Å². The number of likely N-dealkylation sites (tertiary alicyclic amines) is 1. The van der Waals surface area contributed by atoms with E-state index >= 15 is 0 Å². The van der Waals surface area contributed by atoms with Gasteiger partial charge in [0.25, 0.3) is 0 Å². The molecule has 2 N–H and O–H groups in total. The molecule has 0 aromatic carbocycles. The van der Waals surface area contributed by atoms with E-state index in [1.54, 1.807) is 0 Å². The Morgan fingerprint density at radius 1 is 1.26 bits per heavy atom. The van der Waals surface area contributed by atoms with E-state index in [9.17, 15) is 5.11 Å². The number of nitrogens with zero attached hydrogens (tertiary/aromatic N) is 1. The van der Waals surface area contributed by atoms with Crippen molar-refractivity contribution in [3.05, 3.63) is 0 Å². The lowest BCUT2D eigenvalue weighted by atomic mass is 9.80. The fourth-order valence-electron chi connectivity index (χ4n) is 3.11. The Morgan fingerprint density at radius 2 is 1.95 bits per heavy atom. The number of piperidine rings is 1. The normalized spacial score (nSPS) is 22.1. The average Bonchev–Trinajstić information content (AvgIpc) is 2.44. The molecule has 0 aromatic rings. The molecule has 1 aliphatic heterocycles. The van der Waals surface area contributed by atoms with Crippen LogP contribution in [0.5, 0.6) is 0 Å². The molecule has 1 rings (SSSR count). The Kier molecular flexibility index (Phi) is 7.33. The molecule has 1 aliphatic rings. The van der Waals surface area contributed by atoms with Gasteiger partial charge in [-0.15, -0.1) is 0 Å². The lowest BCUT2D eigenvalue weighted by Gasteiger charge is -2.43. The molecule has 1 fully saturated rings. The summed E-state index contributed by atoms with van der Waals surface area (Å²) in [5.74, 6) is 0. The van der Waals surface area contributed by atoms with Gasteiger partial charge in [-0.3, -0.25) is 4.90 Å². The minimum Gasteiger partial charge on any atom is -0.395 e. The zero-order chi connectivity index (χ0) is 14.3. The van der Waals surface area contributed by atoms with Crippen molar-refractivity contribution in [2.24, 2.45) is 5.41 Å². The molecule has 0 aliphatic carbocycles. The van der Waals surface area contributed by atoms with Gasteiger partial charge >= 0.3 is 0 Å². The minimum absolute atomic E-state index is 0.321. The molecule has 0 saturated carbocycles. The van der Waals surface area contributed by atoms with Crippen molar-refractivity contribution in [3.8, 4) is 0 Å². The van der Waals surface area contributed by atoms with Crippen LogP contribution in [0.4, 0.5) is 0 Å². The van der Waals surface area contributed by atoms with E-state index in [-0.39, 0.29) is 0 Å². The van der Waals surface area contributed by atoms with E-state index in [1.165, 1.54) is 25.7 Å². The van der Waals surface area contributed by atoms with Crippen LogP contribution in [0, 0.1) is 5.41 Å². The summed E-state index contributed by atoms with van der Waals surface area (Å²) < 4.78 is 0. The topological polar surface area (TPSA) is 35.5 Å². The fourth-order valence-corrected chi connectivity index (χ4v) is 3.11. The summed E-state index contributed by atoms with van der Waals surface area (Å²) in [6, 6.07) is 0.942. The number of nitrogens with one attached hydrogen (secondary N) is 1. The van der Waals surface area contributed by atoms with E-state index in [4.69, 9.17) is 0 Å². The highest BCUT2D eigenvalue weighted by molar-refractivity contribution is 4.87. The van der Waals surface area contributed by atoms with Gasteiger partial charge in [-0.2, -0.15) is 0 Å². The first-order valence-electron chi connectivity index (χ1n) is 8.15. The van der Waals surface area contributed by atoms with Gasteiger partial charge < -0.3 is 10.4 Å². The van der Waals surface area contributed by atoms with Crippen LogP contribution in [0.1, 0.15) is 59.8 Å². The molecule has 0 spiro atoms. The van der Waals surface area contributed by atoms with Crippen molar-refractivity contribution in [1.82, 2.24) is 10.2 Å². The Hall–Kier alpha value is -0.120. The molecular weight excluding hydrogens is 236 g/mol. The van der Waals surface area contributed by atoms with Gasteiger partial charge in [0.2, 0.25) is 0 Å². The van der Waals surface area contributed by atoms with Crippen LogP contribution in [0.25, 0.3) is 0 Å². The third-order valence-corrected chi connectivity index (χ3v) is 4.88. The zero-order valence-electron chi connectivity index (χ0n) is 13.4. The second-order valence-electron chi connectivity index (χ2n) is 6.55. The number of aliphatic hydroxyl groups excluding tert-OH is 1. The van der Waals surface area contributed by atoms with Crippen LogP contribution in [0.3, 0.4) is 0 Å². The van der Waals surface area contributed by atoms with Gasteiger partial charge in [0.15, 0.2) is 0 Å². The lowest BCUT2D eigenvalue weighted by molar-refractivity contribution is 0.0424. The maximum Gasteiger partial charge on any atom is 0.0586 e. The summed E-state index contributed by atoms with van der Waals surface area (Å²) in [5, 5.41) is 13.2. The summed E-state index contributed by atoms with van der Waals surface area (Å²) in [6.07, 6.45) is 6.14. The first-order chi connectivity index (χ1) is 9.06. The summed E-state index contributed by atoms with van der Waals surface area (Å²) in [4.78, 5) is 2.54. The van der Waals surface area contributed by atoms with Crippen LogP contribution in [-0.2, 0) is 0 Å². The van der Waals surface area contributed by atoms with E-state index in [1.807, 2.05) is 0 Å². The highest BCUT2D eigenvalue weighted by atomic mass is 16.3. The van der Waals surface area contributed by atoms with Crippen LogP contribution < -0.4 is 5.32 Å². The van der Waals surface area contributed by atoms with Crippen molar-refractivity contribution in [1.29, 1.82) is 0 Å². The van der Waals surface area contributed by atoms with Crippen molar-refractivity contribution >= 4 is 0 Å². The van der Waals surface area contributed by atoms with Crippen molar-refractivity contribution in [3.63, 3.8) is 0 Å². The molecule has 0 radical (unpaired) electrons. The molecular formula is C16H34N2O. The Balaban J connectivity index is 2.64. The van der Waals surface area contributed by atoms with Gasteiger partial charge in [0.1, 0.15) is 0 Å². The highest BCUT2D eigenvalue weighted by Gasteiger charge is 2.32. The third-order valence-electron chi connectivity index (χ3n) is 4.88. The molecule has 1 heterocycles. The quantitative estimate of drug-likeness (QED) is 0.712. The van der Waals surface area contributed by atoms with Crippen molar-refractivity contribution < 1.29 is 5.11 Å². The largest absolute Gasteiger partial charge is 0.395 e. The first-order valence-corrected chi connectivity index (χ1v) is 8.15. The molecule has 3 heteroatoms. The van der Waals surface area contributed by atoms with E-state index in [0.717, 1.165) is 26.1 Å². The van der Waals surface area contributed by atoms with Gasteiger partial charge in [-0.05, 0) is 37.6 Å². The second-order valence-corrected chi connectivity index (χ2v) is 6.55. The standard InChI is InChI=1S/C16H34N2O/c1-5-16(6-2,12-17-14(3)4)13-18-10-8-7-9-15(18)11-19/h14-15,17,19H,5-13H2,1-4H3. The molecule has 3 nitrogen and oxygen atoms in total. The summed E-state index contributed by atoms with van der Waals surface area (Å²) in [6.45, 7) is 12.8. The molecule has 0 amide bonds. The average molecular weight is 270 g/mol. The van der Waals surface area contributed by atoms with Crippen LogP contribution in [-0.4, -0.2) is 48.3 Å². The summed E-state index contributed by atoms with van der Waals surface area (Å²) >= 11 is 0. The molecule has 19 heavy (non-hydrogen) atoms. The first kappa shape index (κ1) is 16.9. The van der Waals surface area contributed by atoms with E-state index < -0.39 is 0 Å². The van der Waals surface area contributed by atoms with Crippen LogP contribution in [0.15, 0.2) is 0 Å². The zero-order valence-corrected chi connectivity index (χ0v) is 13.4. The Bertz CT molecular complexity index is 239. The lowest BCUT2D eigenvalue weighted by Crippen LogP contribution is -2.50. The van der Waals surface area contributed by atoms with E-state index in [2.05, 4.69) is 37.9 Å². The monoisotopic (exact) mass is 270 g/mol. The molecule has 0 aromatic heterocycles. The second kappa shape index (κ2) is 8.23. The molecule has 0 bridgehead atoms. The Morgan fingerprint density at radius 3 is 2.47 bits per heavy atom. The fraction of sp³-hybridized carbons (Fsp3) is 1.00. The number of hydrogen-bond donors (Lipinski definition) is 2. The smallest absolute Gasteiger partial charge is 0.0586 e. The number of aliphatic hydroxyl groups is 1. The van der Waals surface area contributed by atoms with Crippen LogP contribution in [0.2, 0.25) is 0 Å². The van der Waals surface area contributed by atoms with Gasteiger partial charge in [0.05, 0.1) is 6.61 Å². The van der Waals surface area contributed by atoms with Gasteiger partial charge in [0, 0.05) is 25.2 Å². The predicted octanol–water partition coefficient (Wildman–Crippen LogP) is 2.64. The number of hydrogen-bond acceptors (Lipinski definition) is 3. The molecule has 114 valence electrons. The minimum atomic E-state index is 0.321. The van der Waals surface area contributed by atoms with Crippen molar-refractivity contribution in [2.75, 3.05) is 26.2 Å². The predicted molar refractivity (Wildman–Crippen MR) is 82.5 cm³/mol. The molecule has 1 saturated heterocycles. The van der Waals surface area contributed by atoms with Crippen LogP contribution >= 0.6 is 0 Å². The summed E-state index contributed by atoms with van der Waals surface area (Å²) in [5.41, 5.74) is 0.356. The van der Waals surface area contributed by atoms with Crippen molar-refractivity contribution in [2.45, 2.75) is 71.9 Å². The third kappa shape index (κ3) is 5.05. The molecule has 1 atom stereocenters. The summed E-state index contributed by atoms with van der Waals surface area (Å²) in [7, 11) is 0. The maximum atomic E-state index is 9.56. The molecule has 1 unspecified atom stereocenters. The SMILES string of the molecule is CCC(CC)(CNC(C)C)CN1CCCCC1CO. The number of rotatable bonds is 8. The Labute approximate surface area is 119 Å². The van der Waals surface area contributed by atoms with Gasteiger partial charge in [-0.25, -0.2) is 0 Å². The van der Waals surface area contributed by atoms with Gasteiger partial charge in [-0.1, -0.05) is 34.1 Å².